The summed E-state index contributed by atoms with van der Waals surface area (Å²) < 4.78 is 28.0. The van der Waals surface area contributed by atoms with Crippen molar-refractivity contribution in [2.24, 2.45) is 0 Å². The number of likely N-dealkylation sites (N-methyl/N-ethyl adjacent to an activating group) is 1. The van der Waals surface area contributed by atoms with Crippen LogP contribution in [0.3, 0.4) is 0 Å². The second-order valence-electron chi connectivity index (χ2n) is 4.63. The zero-order chi connectivity index (χ0) is 14.7. The predicted molar refractivity (Wildman–Crippen MR) is 75.2 cm³/mol. The first-order valence-corrected chi connectivity index (χ1v) is 7.12. The molecule has 0 aromatic heterocycles. The Kier molecular flexibility index (Phi) is 5.06. The van der Waals surface area contributed by atoms with E-state index in [2.05, 4.69) is 26.6 Å². The van der Waals surface area contributed by atoms with Gasteiger partial charge >= 0.3 is 0 Å². The molecule has 110 valence electrons. The summed E-state index contributed by atoms with van der Waals surface area (Å²) in [5.41, 5.74) is -0.0184. The van der Waals surface area contributed by atoms with E-state index in [1.165, 1.54) is 12.1 Å². The van der Waals surface area contributed by atoms with E-state index >= 15 is 0 Å². The van der Waals surface area contributed by atoms with Crippen molar-refractivity contribution < 1.29 is 13.6 Å². The average Bonchev–Trinajstić information content (AvgIpc) is 2.47. The third-order valence-electron chi connectivity index (χ3n) is 3.40. The average molecular weight is 348 g/mol. The number of rotatable bonds is 3. The van der Waals surface area contributed by atoms with Crippen molar-refractivity contribution in [1.29, 1.82) is 0 Å². The van der Waals surface area contributed by atoms with Gasteiger partial charge in [-0.1, -0.05) is 0 Å². The molecule has 1 aliphatic rings. The smallest absolute Gasteiger partial charge is 0.238 e. The highest BCUT2D eigenvalue weighted by Gasteiger charge is 2.29. The lowest BCUT2D eigenvalue weighted by Crippen LogP contribution is -2.57. The first-order valence-electron chi connectivity index (χ1n) is 6.33. The van der Waals surface area contributed by atoms with Crippen molar-refractivity contribution >= 4 is 21.8 Å². The van der Waals surface area contributed by atoms with Crippen molar-refractivity contribution in [3.05, 3.63) is 33.8 Å². The summed E-state index contributed by atoms with van der Waals surface area (Å²) in [6, 6.07) is 2.13. The quantitative estimate of drug-likeness (QED) is 0.809. The van der Waals surface area contributed by atoms with Crippen molar-refractivity contribution in [2.75, 3.05) is 26.7 Å². The van der Waals surface area contributed by atoms with Crippen molar-refractivity contribution in [3.63, 3.8) is 0 Å². The maximum Gasteiger partial charge on any atom is 0.238 e. The van der Waals surface area contributed by atoms with Gasteiger partial charge in [0.2, 0.25) is 5.91 Å². The van der Waals surface area contributed by atoms with E-state index in [0.717, 1.165) is 0 Å². The summed E-state index contributed by atoms with van der Waals surface area (Å²) in [5, 5.41) is 5.68. The largest absolute Gasteiger partial charge is 0.358 e. The fourth-order valence-corrected chi connectivity index (χ4v) is 2.65. The van der Waals surface area contributed by atoms with Crippen LogP contribution < -0.4 is 10.6 Å². The van der Waals surface area contributed by atoms with E-state index in [-0.39, 0.29) is 22.5 Å². The summed E-state index contributed by atoms with van der Waals surface area (Å²) in [5.74, 6) is -1.37. The second-order valence-corrected chi connectivity index (χ2v) is 5.48. The van der Waals surface area contributed by atoms with Gasteiger partial charge in [0.15, 0.2) is 0 Å². The Hall–Kier alpha value is -1.05. The molecule has 20 heavy (non-hydrogen) atoms. The Balaban J connectivity index is 2.23. The Morgan fingerprint density at radius 1 is 1.55 bits per heavy atom. The van der Waals surface area contributed by atoms with Gasteiger partial charge in [0.1, 0.15) is 17.7 Å². The molecule has 1 fully saturated rings. The molecule has 0 bridgehead atoms. The topological polar surface area (TPSA) is 44.4 Å². The molecular weight excluding hydrogens is 332 g/mol. The fourth-order valence-electron chi connectivity index (χ4n) is 2.28. The SMILES string of the molecule is CNC(=O)C1CNCCN1Cc1c(F)ccc(Br)c1F. The lowest BCUT2D eigenvalue weighted by molar-refractivity contribution is -0.126. The maximum absolute atomic E-state index is 14.0. The number of hydrogen-bond donors (Lipinski definition) is 2. The molecule has 1 aliphatic heterocycles. The zero-order valence-electron chi connectivity index (χ0n) is 11.0. The molecule has 7 heteroatoms. The van der Waals surface area contributed by atoms with Crippen LogP contribution in [0, 0.1) is 11.6 Å². The molecule has 0 radical (unpaired) electrons. The van der Waals surface area contributed by atoms with Crippen LogP contribution >= 0.6 is 15.9 Å². The monoisotopic (exact) mass is 347 g/mol. The lowest BCUT2D eigenvalue weighted by atomic mass is 10.1. The number of hydrogen-bond acceptors (Lipinski definition) is 3. The molecule has 1 aromatic rings. The molecule has 0 saturated carbocycles. The Morgan fingerprint density at radius 2 is 2.30 bits per heavy atom. The first kappa shape index (κ1) is 15.3. The van der Waals surface area contributed by atoms with E-state index in [0.29, 0.717) is 19.6 Å². The van der Waals surface area contributed by atoms with E-state index in [4.69, 9.17) is 0 Å². The van der Waals surface area contributed by atoms with Gasteiger partial charge in [-0.15, -0.1) is 0 Å². The molecule has 1 aromatic carbocycles. The normalized spacial score (nSPS) is 19.9. The van der Waals surface area contributed by atoms with E-state index in [1.807, 2.05) is 0 Å². The molecule has 0 aliphatic carbocycles. The van der Waals surface area contributed by atoms with E-state index in [1.54, 1.807) is 11.9 Å². The number of carbonyl (C=O) groups is 1. The van der Waals surface area contributed by atoms with Gasteiger partial charge < -0.3 is 10.6 Å². The van der Waals surface area contributed by atoms with E-state index < -0.39 is 17.7 Å². The third kappa shape index (κ3) is 3.16. The predicted octanol–water partition coefficient (Wildman–Crippen LogP) is 1.25. The van der Waals surface area contributed by atoms with Crippen molar-refractivity contribution in [2.45, 2.75) is 12.6 Å². The van der Waals surface area contributed by atoms with Crippen LogP contribution in [0.1, 0.15) is 5.56 Å². The number of nitrogens with zero attached hydrogens (tertiary/aromatic N) is 1. The molecule has 4 nitrogen and oxygen atoms in total. The van der Waals surface area contributed by atoms with Crippen LogP contribution in [-0.4, -0.2) is 43.5 Å². The molecule has 1 saturated heterocycles. The van der Waals surface area contributed by atoms with Crippen LogP contribution in [0.4, 0.5) is 8.78 Å². The highest BCUT2D eigenvalue weighted by atomic mass is 79.9. The van der Waals surface area contributed by atoms with Crippen LogP contribution in [0.15, 0.2) is 16.6 Å². The number of piperazine rings is 1. The van der Waals surface area contributed by atoms with Gasteiger partial charge in [-0.2, -0.15) is 0 Å². The van der Waals surface area contributed by atoms with Gasteiger partial charge in [0.05, 0.1) is 4.47 Å². The number of carbonyl (C=O) groups excluding carboxylic acids is 1. The minimum absolute atomic E-state index is 0.0184. The number of halogens is 3. The molecule has 2 N–H and O–H groups in total. The van der Waals surface area contributed by atoms with Crippen LogP contribution in [-0.2, 0) is 11.3 Å². The highest BCUT2D eigenvalue weighted by Crippen LogP contribution is 2.23. The van der Waals surface area contributed by atoms with Crippen molar-refractivity contribution in [1.82, 2.24) is 15.5 Å². The first-order chi connectivity index (χ1) is 9.54. The van der Waals surface area contributed by atoms with Gasteiger partial charge in [-0.25, -0.2) is 8.78 Å². The molecule has 1 heterocycles. The molecule has 1 amide bonds. The highest BCUT2D eigenvalue weighted by molar-refractivity contribution is 9.10. The summed E-state index contributed by atoms with van der Waals surface area (Å²) in [7, 11) is 1.55. The molecular formula is C13H16BrF2N3O. The summed E-state index contributed by atoms with van der Waals surface area (Å²) in [6.07, 6.45) is 0. The van der Waals surface area contributed by atoms with Gasteiger partial charge in [0.25, 0.3) is 0 Å². The molecule has 2 rings (SSSR count). The number of amides is 1. The lowest BCUT2D eigenvalue weighted by Gasteiger charge is -2.35. The minimum Gasteiger partial charge on any atom is -0.358 e. The number of nitrogens with one attached hydrogen (secondary N) is 2. The van der Waals surface area contributed by atoms with Gasteiger partial charge in [-0.05, 0) is 28.1 Å². The van der Waals surface area contributed by atoms with Gasteiger partial charge in [0, 0.05) is 38.8 Å². The Labute approximate surface area is 124 Å². The number of benzene rings is 1. The summed E-state index contributed by atoms with van der Waals surface area (Å²) >= 11 is 3.05. The third-order valence-corrected chi connectivity index (χ3v) is 4.02. The minimum atomic E-state index is -0.612. The standard InChI is InChI=1S/C13H16BrF2N3O/c1-17-13(20)11-6-18-4-5-19(11)7-8-10(15)3-2-9(14)12(8)16/h2-3,11,18H,4-7H2,1H3,(H,17,20). The van der Waals surface area contributed by atoms with Crippen molar-refractivity contribution in [3.8, 4) is 0 Å². The van der Waals surface area contributed by atoms with Gasteiger partial charge in [-0.3, -0.25) is 9.69 Å². The second kappa shape index (κ2) is 6.60. The molecule has 0 spiro atoms. The Bertz CT molecular complexity index is 513. The van der Waals surface area contributed by atoms with Crippen LogP contribution in [0.5, 0.6) is 0 Å². The van der Waals surface area contributed by atoms with Crippen LogP contribution in [0.25, 0.3) is 0 Å². The zero-order valence-corrected chi connectivity index (χ0v) is 12.6. The Morgan fingerprint density at radius 3 is 3.00 bits per heavy atom. The fraction of sp³-hybridized carbons (Fsp3) is 0.462. The molecule has 1 atom stereocenters. The van der Waals surface area contributed by atoms with Crippen LogP contribution in [0.2, 0.25) is 0 Å². The maximum atomic E-state index is 14.0. The summed E-state index contributed by atoms with van der Waals surface area (Å²) in [6.45, 7) is 1.78. The summed E-state index contributed by atoms with van der Waals surface area (Å²) in [4.78, 5) is 13.6. The van der Waals surface area contributed by atoms with E-state index in [9.17, 15) is 13.6 Å². The molecule has 1 unspecified atom stereocenters.